The van der Waals surface area contributed by atoms with Gasteiger partial charge in [-0.2, -0.15) is 0 Å². The summed E-state index contributed by atoms with van der Waals surface area (Å²) in [5, 5.41) is 17.3. The van der Waals surface area contributed by atoms with Crippen molar-refractivity contribution < 1.29 is 19.8 Å². The molecule has 0 fully saturated rings. The van der Waals surface area contributed by atoms with E-state index in [9.17, 15) is 20.2 Å². The molecule has 0 radical (unpaired) electrons. The Morgan fingerprint density at radius 2 is 1.42 bits per heavy atom. The molecule has 0 rings (SSSR count). The Bertz CT molecular complexity index is 164. The van der Waals surface area contributed by atoms with Crippen LogP contribution in [0.3, 0.4) is 0 Å². The number of hydrogen-bond acceptors (Lipinski definition) is 6. The van der Waals surface area contributed by atoms with E-state index in [1.807, 2.05) is 0 Å². The zero-order chi connectivity index (χ0) is 9.72. The maximum Gasteiger partial charge on any atom is 0.296 e. The van der Waals surface area contributed by atoms with Crippen molar-refractivity contribution in [1.82, 2.24) is 0 Å². The average Bonchev–Trinajstić information content (AvgIpc) is 1.83. The molecule has 0 N–H and O–H groups in total. The molecular weight excluding hydrogens is 172 g/mol. The highest BCUT2D eigenvalue weighted by molar-refractivity contribution is 4.44. The van der Waals surface area contributed by atoms with Crippen LogP contribution in [0.25, 0.3) is 0 Å². The van der Waals surface area contributed by atoms with Crippen molar-refractivity contribution in [3.63, 3.8) is 0 Å². The molecule has 0 aromatic rings. The summed E-state index contributed by atoms with van der Waals surface area (Å²) in [6, 6.07) is 0. The highest BCUT2D eigenvalue weighted by Gasteiger charge is 2.21. The SMILES string of the molecule is CC(C)C(O[N+](=O)[O-])O[N+](=O)[O-]. The number of rotatable bonds is 5. The van der Waals surface area contributed by atoms with Crippen molar-refractivity contribution in [2.24, 2.45) is 5.92 Å². The van der Waals surface area contributed by atoms with Crippen LogP contribution in [0.5, 0.6) is 0 Å². The second kappa shape index (κ2) is 4.31. The van der Waals surface area contributed by atoms with Crippen molar-refractivity contribution >= 4 is 0 Å². The second-order valence-corrected chi connectivity index (χ2v) is 2.27. The first-order valence-corrected chi connectivity index (χ1v) is 3.05. The van der Waals surface area contributed by atoms with Crippen molar-refractivity contribution in [1.29, 1.82) is 0 Å². The van der Waals surface area contributed by atoms with Gasteiger partial charge in [0, 0.05) is 5.92 Å². The van der Waals surface area contributed by atoms with Gasteiger partial charge in [0.25, 0.3) is 16.5 Å². The summed E-state index contributed by atoms with van der Waals surface area (Å²) in [4.78, 5) is 27.3. The predicted molar refractivity (Wildman–Crippen MR) is 34.8 cm³/mol. The molecule has 0 aromatic carbocycles. The first-order chi connectivity index (χ1) is 5.43. The molecule has 0 unspecified atom stereocenters. The maximum absolute atomic E-state index is 9.78. The molecule has 12 heavy (non-hydrogen) atoms. The Kier molecular flexibility index (Phi) is 3.74. The minimum Gasteiger partial charge on any atom is -0.282 e. The van der Waals surface area contributed by atoms with Gasteiger partial charge < -0.3 is 0 Å². The van der Waals surface area contributed by atoms with E-state index in [0.717, 1.165) is 0 Å². The number of hydrogen-bond donors (Lipinski definition) is 0. The van der Waals surface area contributed by atoms with E-state index in [1.54, 1.807) is 0 Å². The van der Waals surface area contributed by atoms with Crippen LogP contribution in [-0.4, -0.2) is 16.5 Å². The van der Waals surface area contributed by atoms with Crippen molar-refractivity contribution in [2.45, 2.75) is 20.1 Å². The van der Waals surface area contributed by atoms with Crippen LogP contribution in [0.4, 0.5) is 0 Å². The standard InChI is InChI=1S/C4H8N2O6/c1-3(2)4(11-5(7)8)12-6(9)10/h3-4H,1-2H3. The quantitative estimate of drug-likeness (QED) is 0.344. The first kappa shape index (κ1) is 10.4. The lowest BCUT2D eigenvalue weighted by molar-refractivity contribution is -0.854. The van der Waals surface area contributed by atoms with Gasteiger partial charge in [0.05, 0.1) is 0 Å². The molecule has 0 aromatic heterocycles. The van der Waals surface area contributed by atoms with Gasteiger partial charge in [-0.3, -0.25) is 9.68 Å². The Labute approximate surface area is 67.3 Å². The highest BCUT2D eigenvalue weighted by Crippen LogP contribution is 2.07. The molecule has 0 amide bonds. The van der Waals surface area contributed by atoms with Gasteiger partial charge >= 0.3 is 0 Å². The van der Waals surface area contributed by atoms with E-state index >= 15 is 0 Å². The van der Waals surface area contributed by atoms with E-state index < -0.39 is 22.4 Å². The monoisotopic (exact) mass is 180 g/mol. The number of nitrogens with zero attached hydrogens (tertiary/aromatic N) is 2. The largest absolute Gasteiger partial charge is 0.296 e. The van der Waals surface area contributed by atoms with Crippen molar-refractivity contribution in [3.8, 4) is 0 Å². The fourth-order valence-electron chi connectivity index (χ4n) is 0.432. The third kappa shape index (κ3) is 4.25. The topological polar surface area (TPSA) is 105 Å². The third-order valence-corrected chi connectivity index (χ3v) is 0.924. The molecule has 0 spiro atoms. The molecule has 8 heteroatoms. The Balaban J connectivity index is 4.04. The van der Waals surface area contributed by atoms with Crippen LogP contribution in [0.1, 0.15) is 13.8 Å². The summed E-state index contributed by atoms with van der Waals surface area (Å²) in [5.74, 6) is -0.471. The molecule has 0 aliphatic rings. The minimum absolute atomic E-state index is 0.471. The molecule has 0 saturated heterocycles. The van der Waals surface area contributed by atoms with E-state index in [0.29, 0.717) is 0 Å². The summed E-state index contributed by atoms with van der Waals surface area (Å²) in [7, 11) is 0. The molecule has 0 heterocycles. The molecule has 0 bridgehead atoms. The normalized spacial score (nSPS) is 10.0. The molecule has 0 atom stereocenters. The van der Waals surface area contributed by atoms with E-state index in [1.165, 1.54) is 13.8 Å². The van der Waals surface area contributed by atoms with Gasteiger partial charge in [-0.25, -0.2) is 0 Å². The van der Waals surface area contributed by atoms with Crippen LogP contribution < -0.4 is 0 Å². The van der Waals surface area contributed by atoms with Gasteiger partial charge in [-0.05, 0) is 0 Å². The van der Waals surface area contributed by atoms with Crippen LogP contribution in [-0.2, 0) is 9.68 Å². The lowest BCUT2D eigenvalue weighted by atomic mass is 10.2. The zero-order valence-corrected chi connectivity index (χ0v) is 6.50. The van der Waals surface area contributed by atoms with Crippen LogP contribution in [0, 0.1) is 26.1 Å². The molecule has 0 saturated carbocycles. The van der Waals surface area contributed by atoms with Crippen LogP contribution in [0.15, 0.2) is 0 Å². The molecule has 8 nitrogen and oxygen atoms in total. The molecular formula is C4H8N2O6. The minimum atomic E-state index is -1.46. The van der Waals surface area contributed by atoms with E-state index in [2.05, 4.69) is 9.68 Å². The Morgan fingerprint density at radius 1 is 1.08 bits per heavy atom. The van der Waals surface area contributed by atoms with Gasteiger partial charge in [-0.1, -0.05) is 13.8 Å². The van der Waals surface area contributed by atoms with Gasteiger partial charge in [-0.15, -0.1) is 20.2 Å². The summed E-state index contributed by atoms with van der Waals surface area (Å²) in [5.41, 5.74) is 0. The third-order valence-electron chi connectivity index (χ3n) is 0.924. The van der Waals surface area contributed by atoms with Gasteiger partial charge in [0.1, 0.15) is 0 Å². The predicted octanol–water partition coefficient (Wildman–Crippen LogP) is 0.385. The van der Waals surface area contributed by atoms with Crippen molar-refractivity contribution in [2.75, 3.05) is 0 Å². The molecule has 70 valence electrons. The summed E-state index contributed by atoms with van der Waals surface area (Å²) in [6.07, 6.45) is -1.46. The van der Waals surface area contributed by atoms with Crippen molar-refractivity contribution in [3.05, 3.63) is 20.2 Å². The lowest BCUT2D eigenvalue weighted by Gasteiger charge is -2.15. The summed E-state index contributed by atoms with van der Waals surface area (Å²) in [6.45, 7) is 3.00. The summed E-state index contributed by atoms with van der Waals surface area (Å²) < 4.78 is 0. The zero-order valence-electron chi connectivity index (χ0n) is 6.50. The molecule has 0 aliphatic heterocycles. The fraction of sp³-hybridized carbons (Fsp3) is 1.00. The fourth-order valence-corrected chi connectivity index (χ4v) is 0.432. The molecule has 0 aliphatic carbocycles. The van der Waals surface area contributed by atoms with E-state index in [4.69, 9.17) is 0 Å². The van der Waals surface area contributed by atoms with Gasteiger partial charge in [0.2, 0.25) is 0 Å². The first-order valence-electron chi connectivity index (χ1n) is 3.05. The highest BCUT2D eigenvalue weighted by atomic mass is 17.0. The van der Waals surface area contributed by atoms with Gasteiger partial charge in [0.15, 0.2) is 0 Å². The Hall–Kier alpha value is -1.60. The second-order valence-electron chi connectivity index (χ2n) is 2.27. The lowest BCUT2D eigenvalue weighted by Crippen LogP contribution is -2.28. The van der Waals surface area contributed by atoms with E-state index in [-0.39, 0.29) is 0 Å². The average molecular weight is 180 g/mol. The Morgan fingerprint density at radius 3 is 1.58 bits per heavy atom. The maximum atomic E-state index is 9.78. The van der Waals surface area contributed by atoms with Crippen LogP contribution >= 0.6 is 0 Å². The smallest absolute Gasteiger partial charge is 0.282 e. The van der Waals surface area contributed by atoms with Crippen LogP contribution in [0.2, 0.25) is 0 Å². The summed E-state index contributed by atoms with van der Waals surface area (Å²) >= 11 is 0.